The summed E-state index contributed by atoms with van der Waals surface area (Å²) in [7, 11) is 0. The van der Waals surface area contributed by atoms with Crippen molar-refractivity contribution in [2.45, 2.75) is 39.9 Å². The smallest absolute Gasteiger partial charge is 0.316 e. The number of nitrogens with two attached hydrogens (primary N) is 1. The average Bonchev–Trinajstić information content (AvgIpc) is 2.18. The molecule has 0 aromatic heterocycles. The Hall–Kier alpha value is -1.03. The van der Waals surface area contributed by atoms with Crippen LogP contribution in [0.1, 0.15) is 33.9 Å². The fourth-order valence-electron chi connectivity index (χ4n) is 1.74. The van der Waals surface area contributed by atoms with Crippen LogP contribution >= 0.6 is 0 Å². The summed E-state index contributed by atoms with van der Waals surface area (Å²) in [4.78, 5) is 0. The lowest BCUT2D eigenvalue weighted by Gasteiger charge is -2.21. The van der Waals surface area contributed by atoms with Gasteiger partial charge >= 0.3 is 6.18 Å². The van der Waals surface area contributed by atoms with Gasteiger partial charge in [0.1, 0.15) is 6.04 Å². The molecule has 0 bridgehead atoms. The third-order valence-electron chi connectivity index (χ3n) is 3.21. The van der Waals surface area contributed by atoms with Crippen molar-refractivity contribution in [2.75, 3.05) is 0 Å². The molecule has 0 aliphatic heterocycles. The third kappa shape index (κ3) is 2.21. The SMILES string of the molecule is Cc1cc([C@@H](N)C(F)(F)F)c(C)c(C)c1C. The van der Waals surface area contributed by atoms with Crippen LogP contribution in [0.5, 0.6) is 0 Å². The van der Waals surface area contributed by atoms with Gasteiger partial charge < -0.3 is 5.73 Å². The number of aryl methyl sites for hydroxylation is 1. The molecular weight excluding hydrogens is 215 g/mol. The van der Waals surface area contributed by atoms with Crippen LogP contribution in [0.4, 0.5) is 13.2 Å². The van der Waals surface area contributed by atoms with Gasteiger partial charge in [0, 0.05) is 0 Å². The zero-order valence-corrected chi connectivity index (χ0v) is 9.87. The van der Waals surface area contributed by atoms with Crippen LogP contribution < -0.4 is 5.73 Å². The summed E-state index contributed by atoms with van der Waals surface area (Å²) >= 11 is 0. The Morgan fingerprint density at radius 3 is 1.94 bits per heavy atom. The van der Waals surface area contributed by atoms with Crippen molar-refractivity contribution >= 4 is 0 Å². The van der Waals surface area contributed by atoms with Gasteiger partial charge in [-0.1, -0.05) is 6.07 Å². The van der Waals surface area contributed by atoms with Gasteiger partial charge in [-0.05, 0) is 55.5 Å². The van der Waals surface area contributed by atoms with Crippen LogP contribution in [0.2, 0.25) is 0 Å². The predicted molar refractivity (Wildman–Crippen MR) is 58.4 cm³/mol. The molecule has 0 spiro atoms. The highest BCUT2D eigenvalue weighted by molar-refractivity contribution is 5.45. The summed E-state index contributed by atoms with van der Waals surface area (Å²) < 4.78 is 37.7. The number of benzene rings is 1. The zero-order chi connectivity index (χ0) is 12.7. The first kappa shape index (κ1) is 13.0. The molecule has 16 heavy (non-hydrogen) atoms. The van der Waals surface area contributed by atoms with Gasteiger partial charge in [-0.3, -0.25) is 0 Å². The summed E-state index contributed by atoms with van der Waals surface area (Å²) in [6.07, 6.45) is -4.39. The van der Waals surface area contributed by atoms with E-state index in [1.54, 1.807) is 13.8 Å². The fourth-order valence-corrected chi connectivity index (χ4v) is 1.74. The Bertz CT molecular complexity index is 408. The minimum Gasteiger partial charge on any atom is -0.316 e. The fraction of sp³-hybridized carbons (Fsp3) is 0.500. The predicted octanol–water partition coefficient (Wildman–Crippen LogP) is 3.48. The molecule has 1 atom stereocenters. The number of rotatable bonds is 1. The van der Waals surface area contributed by atoms with Crippen molar-refractivity contribution in [1.82, 2.24) is 0 Å². The van der Waals surface area contributed by atoms with Crippen molar-refractivity contribution < 1.29 is 13.2 Å². The Labute approximate surface area is 93.5 Å². The number of hydrogen-bond acceptors (Lipinski definition) is 1. The lowest BCUT2D eigenvalue weighted by atomic mass is 9.91. The molecule has 0 saturated heterocycles. The van der Waals surface area contributed by atoms with Gasteiger partial charge in [0.15, 0.2) is 0 Å². The van der Waals surface area contributed by atoms with Crippen molar-refractivity contribution in [1.29, 1.82) is 0 Å². The van der Waals surface area contributed by atoms with Crippen molar-refractivity contribution in [3.8, 4) is 0 Å². The highest BCUT2D eigenvalue weighted by Crippen LogP contribution is 2.34. The van der Waals surface area contributed by atoms with E-state index in [9.17, 15) is 13.2 Å². The Morgan fingerprint density at radius 2 is 1.50 bits per heavy atom. The molecule has 0 radical (unpaired) electrons. The molecule has 90 valence electrons. The van der Waals surface area contributed by atoms with Crippen LogP contribution in [-0.4, -0.2) is 6.18 Å². The van der Waals surface area contributed by atoms with Gasteiger partial charge in [-0.25, -0.2) is 0 Å². The van der Waals surface area contributed by atoms with E-state index >= 15 is 0 Å². The second kappa shape index (κ2) is 4.09. The Morgan fingerprint density at radius 1 is 1.00 bits per heavy atom. The first-order valence-electron chi connectivity index (χ1n) is 5.05. The second-order valence-electron chi connectivity index (χ2n) is 4.18. The molecule has 4 heteroatoms. The molecule has 0 aliphatic rings. The summed E-state index contributed by atoms with van der Waals surface area (Å²) in [5, 5.41) is 0. The molecule has 1 nitrogen and oxygen atoms in total. The third-order valence-corrected chi connectivity index (χ3v) is 3.21. The molecule has 0 aliphatic carbocycles. The van der Waals surface area contributed by atoms with E-state index in [4.69, 9.17) is 5.73 Å². The highest BCUT2D eigenvalue weighted by Gasteiger charge is 2.38. The van der Waals surface area contributed by atoms with E-state index in [1.807, 2.05) is 13.8 Å². The quantitative estimate of drug-likeness (QED) is 0.786. The Kier molecular flexibility index (Phi) is 3.33. The van der Waals surface area contributed by atoms with Crippen LogP contribution in [-0.2, 0) is 0 Å². The largest absolute Gasteiger partial charge is 0.407 e. The first-order valence-corrected chi connectivity index (χ1v) is 5.05. The lowest BCUT2D eigenvalue weighted by Crippen LogP contribution is -2.29. The number of hydrogen-bond donors (Lipinski definition) is 1. The van der Waals surface area contributed by atoms with E-state index in [0.717, 1.165) is 16.7 Å². The molecule has 0 saturated carbocycles. The van der Waals surface area contributed by atoms with E-state index < -0.39 is 12.2 Å². The van der Waals surface area contributed by atoms with Crippen LogP contribution in [0, 0.1) is 27.7 Å². The molecule has 1 rings (SSSR count). The van der Waals surface area contributed by atoms with Crippen molar-refractivity contribution in [3.05, 3.63) is 33.9 Å². The van der Waals surface area contributed by atoms with Gasteiger partial charge in [0.2, 0.25) is 0 Å². The standard InChI is InChI=1S/C12H16F3N/c1-6-5-10(11(16)12(13,14)15)9(4)8(3)7(6)2/h5,11H,16H2,1-4H3/t11-/m1/s1. The van der Waals surface area contributed by atoms with Crippen molar-refractivity contribution in [2.24, 2.45) is 5.73 Å². The first-order chi connectivity index (χ1) is 7.16. The topological polar surface area (TPSA) is 26.0 Å². The van der Waals surface area contributed by atoms with Gasteiger partial charge in [0.25, 0.3) is 0 Å². The maximum absolute atomic E-state index is 12.6. The van der Waals surface area contributed by atoms with Gasteiger partial charge in [-0.15, -0.1) is 0 Å². The average molecular weight is 231 g/mol. The molecule has 0 fully saturated rings. The van der Waals surface area contributed by atoms with E-state index in [1.165, 1.54) is 6.07 Å². The molecular formula is C12H16F3N. The summed E-state index contributed by atoms with van der Waals surface area (Å²) in [6.45, 7) is 7.21. The van der Waals surface area contributed by atoms with Crippen LogP contribution in [0.3, 0.4) is 0 Å². The summed E-state index contributed by atoms with van der Waals surface area (Å²) in [6, 6.07) is -0.360. The molecule has 1 aromatic rings. The molecule has 0 heterocycles. The molecule has 1 aromatic carbocycles. The van der Waals surface area contributed by atoms with Gasteiger partial charge in [0.05, 0.1) is 0 Å². The van der Waals surface area contributed by atoms with E-state index in [0.29, 0.717) is 5.56 Å². The van der Waals surface area contributed by atoms with E-state index in [-0.39, 0.29) is 5.56 Å². The molecule has 0 amide bonds. The zero-order valence-electron chi connectivity index (χ0n) is 9.87. The molecule has 0 unspecified atom stereocenters. The van der Waals surface area contributed by atoms with Crippen LogP contribution in [0.15, 0.2) is 6.07 Å². The normalized spacial score (nSPS) is 14.0. The number of halogens is 3. The van der Waals surface area contributed by atoms with Crippen molar-refractivity contribution in [3.63, 3.8) is 0 Å². The molecule has 2 N–H and O–H groups in total. The van der Waals surface area contributed by atoms with Gasteiger partial charge in [-0.2, -0.15) is 13.2 Å². The minimum atomic E-state index is -4.39. The van der Waals surface area contributed by atoms with Crippen LogP contribution in [0.25, 0.3) is 0 Å². The summed E-state index contributed by atoms with van der Waals surface area (Å²) in [5.74, 6) is 0. The lowest BCUT2D eigenvalue weighted by molar-refractivity contribution is -0.149. The highest BCUT2D eigenvalue weighted by atomic mass is 19.4. The minimum absolute atomic E-state index is 0.174. The maximum Gasteiger partial charge on any atom is 0.407 e. The second-order valence-corrected chi connectivity index (χ2v) is 4.18. The Balaban J connectivity index is 3.36. The summed E-state index contributed by atoms with van der Waals surface area (Å²) in [5.41, 5.74) is 8.80. The monoisotopic (exact) mass is 231 g/mol. The number of alkyl halides is 3. The van der Waals surface area contributed by atoms with E-state index in [2.05, 4.69) is 0 Å². The maximum atomic E-state index is 12.6.